The lowest BCUT2D eigenvalue weighted by Gasteiger charge is -2.13. The second-order valence-corrected chi connectivity index (χ2v) is 8.77. The highest BCUT2D eigenvalue weighted by Gasteiger charge is 2.13. The van der Waals surface area contributed by atoms with E-state index in [1.54, 1.807) is 0 Å². The molecule has 0 spiro atoms. The van der Waals surface area contributed by atoms with E-state index < -0.39 is 20.6 Å². The van der Waals surface area contributed by atoms with Crippen LogP contribution in [0.3, 0.4) is 0 Å². The molecule has 0 radical (unpaired) electrons. The molecule has 0 aliphatic carbocycles. The number of rotatable bonds is 6. The highest BCUT2D eigenvalue weighted by atomic mass is 32.2. The van der Waals surface area contributed by atoms with Crippen LogP contribution in [0.5, 0.6) is 0 Å². The monoisotopic (exact) mass is 303 g/mol. The fourth-order valence-corrected chi connectivity index (χ4v) is 4.33. The van der Waals surface area contributed by atoms with Gasteiger partial charge in [-0.05, 0) is 30.5 Å². The molecule has 0 bridgehead atoms. The number of sulfone groups is 1. The molecule has 0 saturated carbocycles. The first kappa shape index (κ1) is 16.3. The van der Waals surface area contributed by atoms with E-state index in [-0.39, 0.29) is 23.3 Å². The second kappa shape index (κ2) is 6.63. The summed E-state index contributed by atoms with van der Waals surface area (Å²) in [5, 5.41) is 0. The quantitative estimate of drug-likeness (QED) is 0.853. The van der Waals surface area contributed by atoms with Crippen LogP contribution in [0.4, 0.5) is 0 Å². The molecule has 0 aromatic heterocycles. The predicted octanol–water partition coefficient (Wildman–Crippen LogP) is 1.10. The third kappa shape index (κ3) is 5.84. The van der Waals surface area contributed by atoms with Crippen LogP contribution in [0.25, 0.3) is 0 Å². The van der Waals surface area contributed by atoms with Crippen molar-refractivity contribution in [2.45, 2.75) is 19.9 Å². The molecule has 0 amide bonds. The number of aryl methyl sites for hydroxylation is 2. The van der Waals surface area contributed by atoms with Gasteiger partial charge < -0.3 is 5.73 Å². The summed E-state index contributed by atoms with van der Waals surface area (Å²) >= 11 is 0. The summed E-state index contributed by atoms with van der Waals surface area (Å²) in [4.78, 5) is 0. The SMILES string of the molecule is Cc1ccc(C(N)CS(=O)CCS(C)(=O)=O)cc1C. The molecule has 0 saturated heterocycles. The molecule has 0 aliphatic heterocycles. The van der Waals surface area contributed by atoms with E-state index >= 15 is 0 Å². The highest BCUT2D eigenvalue weighted by molar-refractivity contribution is 7.92. The average Bonchev–Trinajstić information content (AvgIpc) is 2.29. The summed E-state index contributed by atoms with van der Waals surface area (Å²) in [5.41, 5.74) is 9.29. The maximum atomic E-state index is 11.8. The van der Waals surface area contributed by atoms with Crippen molar-refractivity contribution in [3.63, 3.8) is 0 Å². The average molecular weight is 303 g/mol. The molecule has 19 heavy (non-hydrogen) atoms. The Morgan fingerprint density at radius 2 is 1.89 bits per heavy atom. The summed E-state index contributed by atoms with van der Waals surface area (Å²) in [6, 6.07) is 5.60. The first-order valence-electron chi connectivity index (χ1n) is 6.04. The molecule has 2 N–H and O–H groups in total. The number of benzene rings is 1. The first-order chi connectivity index (χ1) is 8.69. The zero-order valence-corrected chi connectivity index (χ0v) is 13.2. The lowest BCUT2D eigenvalue weighted by atomic mass is 10.0. The summed E-state index contributed by atoms with van der Waals surface area (Å²) in [7, 11) is -4.28. The molecule has 0 fully saturated rings. The van der Waals surface area contributed by atoms with Crippen LogP contribution in [0.15, 0.2) is 18.2 Å². The Labute approximate surface area is 117 Å². The Bertz CT molecular complexity index is 567. The van der Waals surface area contributed by atoms with Crippen LogP contribution >= 0.6 is 0 Å². The molecule has 0 heterocycles. The van der Waals surface area contributed by atoms with Gasteiger partial charge in [0.05, 0.1) is 5.75 Å². The number of hydrogen-bond donors (Lipinski definition) is 1. The van der Waals surface area contributed by atoms with E-state index in [1.165, 1.54) is 5.56 Å². The first-order valence-corrected chi connectivity index (χ1v) is 9.59. The summed E-state index contributed by atoms with van der Waals surface area (Å²) in [6.07, 6.45) is 1.15. The smallest absolute Gasteiger partial charge is 0.148 e. The van der Waals surface area contributed by atoms with E-state index in [0.717, 1.165) is 17.4 Å². The molecule has 108 valence electrons. The second-order valence-electron chi connectivity index (χ2n) is 4.89. The summed E-state index contributed by atoms with van der Waals surface area (Å²) in [5.74, 6) is 0.384. The Morgan fingerprint density at radius 3 is 2.42 bits per heavy atom. The van der Waals surface area contributed by atoms with Gasteiger partial charge in [-0.25, -0.2) is 8.42 Å². The zero-order chi connectivity index (χ0) is 14.6. The Morgan fingerprint density at radius 1 is 1.26 bits per heavy atom. The minimum absolute atomic E-state index is 0.0563. The van der Waals surface area contributed by atoms with Crippen molar-refractivity contribution < 1.29 is 12.6 Å². The van der Waals surface area contributed by atoms with Crippen LogP contribution in [-0.4, -0.2) is 36.1 Å². The number of hydrogen-bond acceptors (Lipinski definition) is 4. The van der Waals surface area contributed by atoms with Crippen molar-refractivity contribution >= 4 is 20.6 Å². The third-order valence-corrected chi connectivity index (χ3v) is 5.60. The third-order valence-electron chi connectivity index (χ3n) is 3.01. The van der Waals surface area contributed by atoms with E-state index in [9.17, 15) is 12.6 Å². The Hall–Kier alpha value is -0.720. The normalized spacial score (nSPS) is 15.2. The lowest BCUT2D eigenvalue weighted by Crippen LogP contribution is -2.22. The molecule has 6 heteroatoms. The van der Waals surface area contributed by atoms with Gasteiger partial charge in [0.15, 0.2) is 0 Å². The van der Waals surface area contributed by atoms with Crippen molar-refractivity contribution in [2.24, 2.45) is 5.73 Å². The molecule has 0 aliphatic rings. The fraction of sp³-hybridized carbons (Fsp3) is 0.538. The van der Waals surface area contributed by atoms with Crippen LogP contribution in [0, 0.1) is 13.8 Å². The minimum Gasteiger partial charge on any atom is -0.323 e. The summed E-state index contributed by atoms with van der Waals surface area (Å²) in [6.45, 7) is 4.03. The van der Waals surface area contributed by atoms with Gasteiger partial charge in [-0.15, -0.1) is 0 Å². The molecular formula is C13H21NO3S2. The van der Waals surface area contributed by atoms with Gasteiger partial charge in [0.2, 0.25) is 0 Å². The van der Waals surface area contributed by atoms with Gasteiger partial charge in [-0.1, -0.05) is 18.2 Å². The molecular weight excluding hydrogens is 282 g/mol. The molecule has 1 aromatic carbocycles. The number of nitrogens with two attached hydrogens (primary N) is 1. The van der Waals surface area contributed by atoms with Crippen molar-refractivity contribution in [1.29, 1.82) is 0 Å². The van der Waals surface area contributed by atoms with Gasteiger partial charge in [0.25, 0.3) is 0 Å². The maximum absolute atomic E-state index is 11.8. The minimum atomic E-state index is -3.07. The van der Waals surface area contributed by atoms with Crippen LogP contribution < -0.4 is 5.73 Å². The van der Waals surface area contributed by atoms with Gasteiger partial charge in [-0.3, -0.25) is 4.21 Å². The van der Waals surface area contributed by atoms with Crippen LogP contribution in [0.1, 0.15) is 22.7 Å². The molecule has 1 aromatic rings. The topological polar surface area (TPSA) is 77.2 Å². The molecule has 1 rings (SSSR count). The fourth-order valence-electron chi connectivity index (χ4n) is 1.62. The van der Waals surface area contributed by atoms with Gasteiger partial charge in [-0.2, -0.15) is 0 Å². The Balaban J connectivity index is 2.61. The van der Waals surface area contributed by atoms with Crippen LogP contribution in [-0.2, 0) is 20.6 Å². The predicted molar refractivity (Wildman–Crippen MR) is 80.4 cm³/mol. The standard InChI is InChI=1S/C13H21NO3S2/c1-10-4-5-12(8-11(10)2)13(14)9-18(15)6-7-19(3,16)17/h4-5,8,13H,6-7,9,14H2,1-3H3. The van der Waals surface area contributed by atoms with Gasteiger partial charge in [0.1, 0.15) is 9.84 Å². The molecule has 2 atom stereocenters. The van der Waals surface area contributed by atoms with Crippen molar-refractivity contribution in [3.8, 4) is 0 Å². The van der Waals surface area contributed by atoms with Gasteiger partial charge in [0, 0.05) is 34.6 Å². The van der Waals surface area contributed by atoms with Crippen LogP contribution in [0.2, 0.25) is 0 Å². The van der Waals surface area contributed by atoms with E-state index in [1.807, 2.05) is 32.0 Å². The largest absolute Gasteiger partial charge is 0.323 e. The van der Waals surface area contributed by atoms with E-state index in [4.69, 9.17) is 5.73 Å². The highest BCUT2D eigenvalue weighted by Crippen LogP contribution is 2.16. The maximum Gasteiger partial charge on any atom is 0.148 e. The summed E-state index contributed by atoms with van der Waals surface area (Å²) < 4.78 is 33.8. The molecule has 4 nitrogen and oxygen atoms in total. The van der Waals surface area contributed by atoms with Crippen molar-refractivity contribution in [2.75, 3.05) is 23.5 Å². The van der Waals surface area contributed by atoms with Crippen molar-refractivity contribution in [3.05, 3.63) is 34.9 Å². The lowest BCUT2D eigenvalue weighted by molar-refractivity contribution is 0.602. The van der Waals surface area contributed by atoms with Gasteiger partial charge >= 0.3 is 0 Å². The zero-order valence-electron chi connectivity index (χ0n) is 11.5. The molecule has 2 unspecified atom stereocenters. The van der Waals surface area contributed by atoms with Crippen molar-refractivity contribution in [1.82, 2.24) is 0 Å². The Kier molecular flexibility index (Phi) is 5.70. The van der Waals surface area contributed by atoms with E-state index in [2.05, 4.69) is 0 Å². The van der Waals surface area contributed by atoms with E-state index in [0.29, 0.717) is 0 Å².